The van der Waals surface area contributed by atoms with E-state index >= 15 is 0 Å². The number of carbonyl (C=O) groups is 1. The van der Waals surface area contributed by atoms with Crippen molar-refractivity contribution in [3.05, 3.63) is 58.3 Å². The lowest BCUT2D eigenvalue weighted by Crippen LogP contribution is -1.89. The van der Waals surface area contributed by atoms with Gasteiger partial charge < -0.3 is 5.11 Å². The number of rotatable bonds is 4. The number of carboxylic acids is 1. The number of aryl methyl sites for hydroxylation is 1. The molecular weight excluding hydrogens is 300 g/mol. The van der Waals surface area contributed by atoms with Gasteiger partial charge in [0.1, 0.15) is 4.88 Å². The predicted octanol–water partition coefficient (Wildman–Crippen LogP) is 5.40. The lowest BCUT2D eigenvalue weighted by atomic mass is 10.00. The van der Waals surface area contributed by atoms with Crippen LogP contribution >= 0.6 is 22.7 Å². The van der Waals surface area contributed by atoms with E-state index < -0.39 is 5.97 Å². The Bertz CT molecular complexity index is 770. The summed E-state index contributed by atoms with van der Waals surface area (Å²) >= 11 is 3.06. The zero-order valence-corrected chi connectivity index (χ0v) is 13.1. The van der Waals surface area contributed by atoms with E-state index in [1.165, 1.54) is 27.3 Å². The average molecular weight is 314 g/mol. The fourth-order valence-corrected chi connectivity index (χ4v) is 3.95. The van der Waals surface area contributed by atoms with E-state index in [1.54, 1.807) is 17.4 Å². The fourth-order valence-electron chi connectivity index (χ4n) is 2.32. The largest absolute Gasteiger partial charge is 0.477 e. The molecule has 2 nitrogen and oxygen atoms in total. The second-order valence-corrected chi connectivity index (χ2v) is 6.70. The minimum atomic E-state index is -0.864. The maximum Gasteiger partial charge on any atom is 0.345 e. The molecule has 0 fully saturated rings. The Morgan fingerprint density at radius 3 is 2.62 bits per heavy atom. The van der Waals surface area contributed by atoms with E-state index in [0.717, 1.165) is 16.9 Å². The molecule has 0 aliphatic rings. The van der Waals surface area contributed by atoms with Crippen LogP contribution in [-0.2, 0) is 6.42 Å². The monoisotopic (exact) mass is 314 g/mol. The summed E-state index contributed by atoms with van der Waals surface area (Å²) in [5.74, 6) is -0.864. The van der Waals surface area contributed by atoms with Gasteiger partial charge in [-0.25, -0.2) is 4.79 Å². The number of carboxylic acid groups (broad SMARTS) is 1. The molecule has 106 valence electrons. The van der Waals surface area contributed by atoms with Crippen LogP contribution in [0.15, 0.2) is 47.8 Å². The van der Waals surface area contributed by atoms with Crippen LogP contribution in [0.1, 0.15) is 22.2 Å². The van der Waals surface area contributed by atoms with Crippen molar-refractivity contribution in [2.75, 3.05) is 0 Å². The molecule has 1 N–H and O–H groups in total. The van der Waals surface area contributed by atoms with E-state index in [-0.39, 0.29) is 0 Å². The topological polar surface area (TPSA) is 37.3 Å². The van der Waals surface area contributed by atoms with Crippen molar-refractivity contribution < 1.29 is 9.90 Å². The minimum absolute atomic E-state index is 0.380. The molecule has 4 heteroatoms. The first-order valence-electron chi connectivity index (χ1n) is 6.69. The molecule has 2 heterocycles. The Balaban J connectivity index is 2.03. The van der Waals surface area contributed by atoms with E-state index in [1.807, 2.05) is 6.07 Å². The highest BCUT2D eigenvalue weighted by atomic mass is 32.1. The third-order valence-corrected chi connectivity index (χ3v) is 5.40. The van der Waals surface area contributed by atoms with E-state index in [4.69, 9.17) is 5.11 Å². The van der Waals surface area contributed by atoms with Crippen LogP contribution in [0.4, 0.5) is 0 Å². The Hall–Kier alpha value is -1.91. The third-order valence-electron chi connectivity index (χ3n) is 3.37. The van der Waals surface area contributed by atoms with Gasteiger partial charge in [0.2, 0.25) is 0 Å². The Kier molecular flexibility index (Phi) is 3.90. The molecule has 0 aliphatic carbocycles. The molecule has 0 atom stereocenters. The highest BCUT2D eigenvalue weighted by Gasteiger charge is 2.11. The normalized spacial score (nSPS) is 10.7. The molecule has 0 aliphatic heterocycles. The Labute approximate surface area is 131 Å². The van der Waals surface area contributed by atoms with Gasteiger partial charge >= 0.3 is 5.97 Å². The molecular formula is C17H14O2S2. The molecule has 0 bridgehead atoms. The first-order valence-corrected chi connectivity index (χ1v) is 8.39. The molecule has 0 saturated heterocycles. The molecule has 3 rings (SSSR count). The average Bonchev–Trinajstić information content (AvgIpc) is 3.18. The molecule has 0 amide bonds. The summed E-state index contributed by atoms with van der Waals surface area (Å²) in [4.78, 5) is 13.6. The van der Waals surface area contributed by atoms with Gasteiger partial charge in [0.05, 0.1) is 0 Å². The fraction of sp³-hybridized carbons (Fsp3) is 0.118. The van der Waals surface area contributed by atoms with Crippen molar-refractivity contribution in [3.8, 4) is 20.9 Å². The lowest BCUT2D eigenvalue weighted by Gasteiger charge is -2.08. The molecule has 0 radical (unpaired) electrons. The van der Waals surface area contributed by atoms with Crippen LogP contribution in [0.5, 0.6) is 0 Å². The van der Waals surface area contributed by atoms with E-state index in [0.29, 0.717) is 4.88 Å². The number of hydrogen-bond acceptors (Lipinski definition) is 3. The summed E-state index contributed by atoms with van der Waals surface area (Å²) in [5.41, 5.74) is 3.65. The summed E-state index contributed by atoms with van der Waals surface area (Å²) in [6.07, 6.45) is 0.957. The Morgan fingerprint density at radius 2 is 2.00 bits per heavy atom. The van der Waals surface area contributed by atoms with Gasteiger partial charge in [-0.15, -0.1) is 22.7 Å². The van der Waals surface area contributed by atoms with Gasteiger partial charge in [0.15, 0.2) is 0 Å². The minimum Gasteiger partial charge on any atom is -0.477 e. The Morgan fingerprint density at radius 1 is 1.14 bits per heavy atom. The molecule has 1 aromatic carbocycles. The smallest absolute Gasteiger partial charge is 0.345 e. The SMILES string of the molecule is CCc1cc(-c2ccc(C(=O)O)s2)ccc1-c1cccs1. The second-order valence-electron chi connectivity index (χ2n) is 4.67. The molecule has 0 saturated carbocycles. The number of aromatic carboxylic acids is 1. The number of benzene rings is 1. The first-order chi connectivity index (χ1) is 10.2. The zero-order chi connectivity index (χ0) is 14.8. The van der Waals surface area contributed by atoms with E-state index in [2.05, 4.69) is 42.6 Å². The van der Waals surface area contributed by atoms with Crippen molar-refractivity contribution >= 4 is 28.6 Å². The highest BCUT2D eigenvalue weighted by Crippen LogP contribution is 2.34. The summed E-state index contributed by atoms with van der Waals surface area (Å²) in [5, 5.41) is 11.1. The van der Waals surface area contributed by atoms with Crippen molar-refractivity contribution in [2.24, 2.45) is 0 Å². The summed E-state index contributed by atoms with van der Waals surface area (Å²) < 4.78 is 0. The van der Waals surface area contributed by atoms with Gasteiger partial charge in [-0.1, -0.05) is 25.1 Å². The van der Waals surface area contributed by atoms with Crippen LogP contribution < -0.4 is 0 Å². The van der Waals surface area contributed by atoms with Crippen molar-refractivity contribution in [3.63, 3.8) is 0 Å². The summed E-state index contributed by atoms with van der Waals surface area (Å²) in [7, 11) is 0. The maximum absolute atomic E-state index is 11.0. The van der Waals surface area contributed by atoms with Crippen molar-refractivity contribution in [1.29, 1.82) is 0 Å². The van der Waals surface area contributed by atoms with Crippen LogP contribution in [0.25, 0.3) is 20.9 Å². The van der Waals surface area contributed by atoms with E-state index in [9.17, 15) is 4.79 Å². The summed E-state index contributed by atoms with van der Waals surface area (Å²) in [6.45, 7) is 2.15. The molecule has 0 unspecified atom stereocenters. The zero-order valence-electron chi connectivity index (χ0n) is 11.5. The highest BCUT2D eigenvalue weighted by molar-refractivity contribution is 7.17. The summed E-state index contributed by atoms with van der Waals surface area (Å²) in [6, 6.07) is 14.1. The van der Waals surface area contributed by atoms with Crippen LogP contribution in [-0.4, -0.2) is 11.1 Å². The number of thiophene rings is 2. The van der Waals surface area contributed by atoms with Crippen molar-refractivity contribution in [2.45, 2.75) is 13.3 Å². The molecule has 2 aromatic heterocycles. The van der Waals surface area contributed by atoms with Crippen LogP contribution in [0, 0.1) is 0 Å². The van der Waals surface area contributed by atoms with Gasteiger partial charge in [0.25, 0.3) is 0 Å². The van der Waals surface area contributed by atoms with Crippen LogP contribution in [0.3, 0.4) is 0 Å². The number of hydrogen-bond donors (Lipinski definition) is 1. The standard InChI is InChI=1S/C17H14O2S2/c1-2-11-10-12(14-7-8-16(21-14)17(18)19)5-6-13(11)15-4-3-9-20-15/h3-10H,2H2,1H3,(H,18,19). The van der Waals surface area contributed by atoms with Crippen LogP contribution in [0.2, 0.25) is 0 Å². The molecule has 0 spiro atoms. The maximum atomic E-state index is 11.0. The van der Waals surface area contributed by atoms with Gasteiger partial charge in [-0.2, -0.15) is 0 Å². The molecule has 3 aromatic rings. The predicted molar refractivity (Wildman–Crippen MR) is 89.4 cm³/mol. The lowest BCUT2D eigenvalue weighted by molar-refractivity contribution is 0.0702. The van der Waals surface area contributed by atoms with Gasteiger partial charge in [-0.05, 0) is 52.8 Å². The second kappa shape index (κ2) is 5.84. The molecule has 21 heavy (non-hydrogen) atoms. The quantitative estimate of drug-likeness (QED) is 0.699. The third kappa shape index (κ3) is 2.77. The van der Waals surface area contributed by atoms with Crippen molar-refractivity contribution in [1.82, 2.24) is 0 Å². The van der Waals surface area contributed by atoms with Gasteiger partial charge in [0, 0.05) is 9.75 Å². The first kappa shape index (κ1) is 14.0. The van der Waals surface area contributed by atoms with Gasteiger partial charge in [-0.3, -0.25) is 0 Å².